The molecular weight excluding hydrogens is 236 g/mol. The van der Waals surface area contributed by atoms with Crippen LogP contribution in [0.25, 0.3) is 0 Å². The SMILES string of the molecule is Cc1ccnc(Cl)c1NC1CC(C)OC(C)C1. The van der Waals surface area contributed by atoms with Crippen molar-refractivity contribution in [2.45, 2.75) is 51.9 Å². The van der Waals surface area contributed by atoms with Crippen LogP contribution in [0.15, 0.2) is 12.3 Å². The molecule has 1 saturated heterocycles. The van der Waals surface area contributed by atoms with Gasteiger partial charge in [0.05, 0.1) is 17.9 Å². The smallest absolute Gasteiger partial charge is 0.152 e. The molecule has 1 N–H and O–H groups in total. The van der Waals surface area contributed by atoms with E-state index in [1.54, 1.807) is 6.20 Å². The Morgan fingerprint density at radius 3 is 2.59 bits per heavy atom. The van der Waals surface area contributed by atoms with Crippen LogP contribution in [0.2, 0.25) is 5.15 Å². The van der Waals surface area contributed by atoms with Crippen LogP contribution in [0.4, 0.5) is 5.69 Å². The van der Waals surface area contributed by atoms with Crippen molar-refractivity contribution in [2.24, 2.45) is 0 Å². The summed E-state index contributed by atoms with van der Waals surface area (Å²) in [5.41, 5.74) is 2.09. The first kappa shape index (κ1) is 12.7. The zero-order valence-electron chi connectivity index (χ0n) is 10.5. The van der Waals surface area contributed by atoms with E-state index in [1.807, 2.05) is 13.0 Å². The lowest BCUT2D eigenvalue weighted by molar-refractivity contribution is -0.0337. The van der Waals surface area contributed by atoms with Crippen molar-refractivity contribution in [3.63, 3.8) is 0 Å². The van der Waals surface area contributed by atoms with Crippen molar-refractivity contribution in [2.75, 3.05) is 5.32 Å². The molecule has 2 atom stereocenters. The van der Waals surface area contributed by atoms with E-state index in [4.69, 9.17) is 16.3 Å². The van der Waals surface area contributed by atoms with E-state index in [9.17, 15) is 0 Å². The van der Waals surface area contributed by atoms with E-state index >= 15 is 0 Å². The Kier molecular flexibility index (Phi) is 3.89. The fourth-order valence-corrected chi connectivity index (χ4v) is 2.69. The molecule has 0 aromatic carbocycles. The summed E-state index contributed by atoms with van der Waals surface area (Å²) < 4.78 is 5.73. The van der Waals surface area contributed by atoms with E-state index < -0.39 is 0 Å². The van der Waals surface area contributed by atoms with Crippen LogP contribution in [0, 0.1) is 6.92 Å². The molecule has 0 amide bonds. The van der Waals surface area contributed by atoms with Gasteiger partial charge in [0.25, 0.3) is 0 Å². The third-order valence-corrected chi connectivity index (χ3v) is 3.45. The number of anilines is 1. The second-order valence-corrected chi connectivity index (χ2v) is 5.22. The van der Waals surface area contributed by atoms with Crippen LogP contribution in [0.3, 0.4) is 0 Å². The van der Waals surface area contributed by atoms with Gasteiger partial charge in [-0.15, -0.1) is 0 Å². The topological polar surface area (TPSA) is 34.2 Å². The van der Waals surface area contributed by atoms with Crippen LogP contribution in [0.5, 0.6) is 0 Å². The summed E-state index contributed by atoms with van der Waals surface area (Å²) >= 11 is 6.12. The summed E-state index contributed by atoms with van der Waals surface area (Å²) in [4.78, 5) is 4.12. The van der Waals surface area contributed by atoms with E-state index in [-0.39, 0.29) is 0 Å². The lowest BCUT2D eigenvalue weighted by Crippen LogP contribution is -2.37. The molecule has 1 fully saturated rings. The van der Waals surface area contributed by atoms with E-state index in [2.05, 4.69) is 24.1 Å². The van der Waals surface area contributed by atoms with Gasteiger partial charge in [-0.1, -0.05) is 11.6 Å². The molecule has 1 aliphatic heterocycles. The number of pyridine rings is 1. The largest absolute Gasteiger partial charge is 0.379 e. The van der Waals surface area contributed by atoms with Gasteiger partial charge in [-0.2, -0.15) is 0 Å². The number of nitrogens with zero attached hydrogens (tertiary/aromatic N) is 1. The maximum Gasteiger partial charge on any atom is 0.152 e. The lowest BCUT2D eigenvalue weighted by Gasteiger charge is -2.33. The average molecular weight is 255 g/mol. The molecule has 2 heterocycles. The summed E-state index contributed by atoms with van der Waals surface area (Å²) in [6.45, 7) is 6.27. The van der Waals surface area contributed by atoms with Crippen molar-refractivity contribution < 1.29 is 4.74 Å². The summed E-state index contributed by atoms with van der Waals surface area (Å²) in [6, 6.07) is 2.38. The molecule has 0 spiro atoms. The van der Waals surface area contributed by atoms with Gasteiger partial charge in [-0.25, -0.2) is 4.98 Å². The first-order valence-electron chi connectivity index (χ1n) is 6.09. The van der Waals surface area contributed by atoms with Gasteiger partial charge < -0.3 is 10.1 Å². The standard InChI is InChI=1S/C13H19ClN2O/c1-8-4-5-15-13(14)12(8)16-11-6-9(2)17-10(3)7-11/h4-5,9-11,16H,6-7H2,1-3H3. The molecule has 3 nitrogen and oxygen atoms in total. The van der Waals surface area contributed by atoms with Crippen LogP contribution < -0.4 is 5.32 Å². The molecule has 0 aliphatic carbocycles. The Labute approximate surface area is 108 Å². The van der Waals surface area contributed by atoms with Gasteiger partial charge in [0.2, 0.25) is 0 Å². The Morgan fingerprint density at radius 2 is 2.00 bits per heavy atom. The van der Waals surface area contributed by atoms with E-state index in [1.165, 1.54) is 0 Å². The second kappa shape index (κ2) is 5.23. The van der Waals surface area contributed by atoms with Crippen LogP contribution in [0.1, 0.15) is 32.3 Å². The molecule has 0 bridgehead atoms. The number of ether oxygens (including phenoxy) is 1. The fraction of sp³-hybridized carbons (Fsp3) is 0.615. The molecule has 17 heavy (non-hydrogen) atoms. The molecule has 1 aromatic rings. The summed E-state index contributed by atoms with van der Waals surface area (Å²) in [7, 11) is 0. The van der Waals surface area contributed by atoms with E-state index in [0.717, 1.165) is 24.1 Å². The first-order valence-corrected chi connectivity index (χ1v) is 6.47. The summed E-state index contributed by atoms with van der Waals surface area (Å²) in [5.74, 6) is 0. The number of nitrogens with one attached hydrogen (secondary N) is 1. The Balaban J connectivity index is 2.10. The minimum Gasteiger partial charge on any atom is -0.379 e. The predicted octanol–water partition coefficient (Wildman–Crippen LogP) is 3.41. The maximum atomic E-state index is 6.12. The zero-order chi connectivity index (χ0) is 12.4. The third kappa shape index (κ3) is 3.11. The number of rotatable bonds is 2. The molecule has 94 valence electrons. The van der Waals surface area contributed by atoms with Crippen molar-refractivity contribution >= 4 is 17.3 Å². The Hall–Kier alpha value is -0.800. The van der Waals surface area contributed by atoms with Crippen molar-refractivity contribution in [1.82, 2.24) is 4.98 Å². The van der Waals surface area contributed by atoms with Crippen LogP contribution in [-0.4, -0.2) is 23.2 Å². The van der Waals surface area contributed by atoms with Gasteiger partial charge in [0, 0.05) is 12.2 Å². The number of hydrogen-bond donors (Lipinski definition) is 1. The van der Waals surface area contributed by atoms with Gasteiger partial charge in [0.1, 0.15) is 0 Å². The lowest BCUT2D eigenvalue weighted by atomic mass is 9.99. The third-order valence-electron chi connectivity index (χ3n) is 3.16. The van der Waals surface area contributed by atoms with Crippen molar-refractivity contribution in [3.05, 3.63) is 23.0 Å². The number of aryl methyl sites for hydroxylation is 1. The molecule has 1 aliphatic rings. The average Bonchev–Trinajstić information content (AvgIpc) is 2.22. The van der Waals surface area contributed by atoms with Crippen LogP contribution in [-0.2, 0) is 4.74 Å². The fourth-order valence-electron chi connectivity index (χ4n) is 2.43. The highest BCUT2D eigenvalue weighted by Crippen LogP contribution is 2.28. The number of aromatic nitrogens is 1. The van der Waals surface area contributed by atoms with Gasteiger partial charge in [-0.3, -0.25) is 0 Å². The van der Waals surface area contributed by atoms with Gasteiger partial charge in [0.15, 0.2) is 5.15 Å². The van der Waals surface area contributed by atoms with Crippen LogP contribution >= 0.6 is 11.6 Å². The summed E-state index contributed by atoms with van der Waals surface area (Å²) in [5, 5.41) is 4.06. The minimum atomic E-state index is 0.298. The highest BCUT2D eigenvalue weighted by Gasteiger charge is 2.25. The molecule has 1 aromatic heterocycles. The Morgan fingerprint density at radius 1 is 1.35 bits per heavy atom. The molecule has 2 rings (SSSR count). The quantitative estimate of drug-likeness (QED) is 0.822. The normalized spacial score (nSPS) is 29.1. The van der Waals surface area contributed by atoms with Gasteiger partial charge >= 0.3 is 0 Å². The molecule has 0 saturated carbocycles. The van der Waals surface area contributed by atoms with Crippen molar-refractivity contribution in [1.29, 1.82) is 0 Å². The molecule has 2 unspecified atom stereocenters. The van der Waals surface area contributed by atoms with Crippen molar-refractivity contribution in [3.8, 4) is 0 Å². The number of hydrogen-bond acceptors (Lipinski definition) is 3. The summed E-state index contributed by atoms with van der Waals surface area (Å²) in [6.07, 6.45) is 4.35. The molecule has 0 radical (unpaired) electrons. The first-order chi connectivity index (χ1) is 8.06. The highest BCUT2D eigenvalue weighted by molar-refractivity contribution is 6.32. The monoisotopic (exact) mass is 254 g/mol. The van der Waals surface area contributed by atoms with Gasteiger partial charge in [-0.05, 0) is 45.2 Å². The molecule has 4 heteroatoms. The minimum absolute atomic E-state index is 0.298. The molecular formula is C13H19ClN2O. The maximum absolute atomic E-state index is 6.12. The van der Waals surface area contributed by atoms with E-state index in [0.29, 0.717) is 23.4 Å². The highest BCUT2D eigenvalue weighted by atomic mass is 35.5. The second-order valence-electron chi connectivity index (χ2n) is 4.86. The Bertz CT molecular complexity index is 367. The predicted molar refractivity (Wildman–Crippen MR) is 70.6 cm³/mol. The number of halogens is 1. The zero-order valence-corrected chi connectivity index (χ0v) is 11.3.